The second-order valence-corrected chi connectivity index (χ2v) is 7.37. The van der Waals surface area contributed by atoms with E-state index in [0.717, 1.165) is 4.90 Å². The van der Waals surface area contributed by atoms with Crippen molar-refractivity contribution in [2.75, 3.05) is 11.5 Å². The molecule has 9 nitrogen and oxygen atoms in total. The lowest BCUT2D eigenvalue weighted by Crippen LogP contribution is -2.29. The Labute approximate surface area is 191 Å². The van der Waals surface area contributed by atoms with Gasteiger partial charge in [0.25, 0.3) is 17.5 Å². The predicted octanol–water partition coefficient (Wildman–Crippen LogP) is 4.09. The average molecular weight is 465 g/mol. The standard InChI is InChI=1S/C23H13ClN2O7/c24-19-4-2-1-3-17(19)20(27)12-33-23(30)13-5-10-16-18(11-13)22(29)25(21(16)28)14-6-8-15(9-7-14)26(31)32/h1-11H,12H2. The molecule has 0 bridgehead atoms. The second kappa shape index (κ2) is 8.64. The molecule has 3 aromatic carbocycles. The number of non-ortho nitro benzene ring substituents is 1. The maximum Gasteiger partial charge on any atom is 0.338 e. The molecule has 3 aromatic rings. The first-order chi connectivity index (χ1) is 15.8. The topological polar surface area (TPSA) is 124 Å². The van der Waals surface area contributed by atoms with E-state index >= 15 is 0 Å². The van der Waals surface area contributed by atoms with E-state index in [1.165, 1.54) is 54.6 Å². The zero-order valence-electron chi connectivity index (χ0n) is 16.7. The Hall–Kier alpha value is -4.37. The van der Waals surface area contributed by atoms with E-state index in [9.17, 15) is 29.3 Å². The predicted molar refractivity (Wildman–Crippen MR) is 117 cm³/mol. The summed E-state index contributed by atoms with van der Waals surface area (Å²) in [6.45, 7) is -0.554. The molecule has 0 aliphatic carbocycles. The minimum Gasteiger partial charge on any atom is -0.454 e. The maximum absolute atomic E-state index is 12.8. The van der Waals surface area contributed by atoms with Gasteiger partial charge in [0, 0.05) is 17.7 Å². The molecule has 2 amide bonds. The van der Waals surface area contributed by atoms with Crippen molar-refractivity contribution in [2.45, 2.75) is 0 Å². The Morgan fingerprint density at radius 1 is 0.939 bits per heavy atom. The minimum absolute atomic E-state index is 0.0209. The summed E-state index contributed by atoms with van der Waals surface area (Å²) >= 11 is 5.96. The monoisotopic (exact) mass is 464 g/mol. The number of anilines is 1. The molecule has 33 heavy (non-hydrogen) atoms. The number of esters is 1. The third-order valence-electron chi connectivity index (χ3n) is 4.95. The molecule has 0 spiro atoms. The fourth-order valence-corrected chi connectivity index (χ4v) is 3.55. The summed E-state index contributed by atoms with van der Waals surface area (Å²) in [7, 11) is 0. The van der Waals surface area contributed by atoms with Gasteiger partial charge in [0.2, 0.25) is 5.78 Å². The minimum atomic E-state index is -0.854. The van der Waals surface area contributed by atoms with Gasteiger partial charge in [-0.05, 0) is 42.5 Å². The summed E-state index contributed by atoms with van der Waals surface area (Å²) in [5.74, 6) is -2.67. The van der Waals surface area contributed by atoms with Gasteiger partial charge in [-0.3, -0.25) is 24.5 Å². The van der Waals surface area contributed by atoms with Gasteiger partial charge < -0.3 is 4.74 Å². The molecule has 164 valence electrons. The van der Waals surface area contributed by atoms with Gasteiger partial charge in [-0.2, -0.15) is 0 Å². The van der Waals surface area contributed by atoms with Gasteiger partial charge >= 0.3 is 5.97 Å². The number of nitro groups is 1. The number of amides is 2. The number of halogens is 1. The zero-order valence-corrected chi connectivity index (χ0v) is 17.4. The number of carbonyl (C=O) groups is 4. The molecule has 0 aromatic heterocycles. The first-order valence-corrected chi connectivity index (χ1v) is 9.88. The van der Waals surface area contributed by atoms with E-state index in [1.54, 1.807) is 12.1 Å². The number of nitrogens with zero attached hydrogens (tertiary/aromatic N) is 2. The summed E-state index contributed by atoms with van der Waals surface area (Å²) in [4.78, 5) is 61.3. The molecule has 0 saturated carbocycles. The molecule has 0 saturated heterocycles. The fourth-order valence-electron chi connectivity index (χ4n) is 3.31. The van der Waals surface area contributed by atoms with Crippen molar-refractivity contribution in [1.29, 1.82) is 0 Å². The highest BCUT2D eigenvalue weighted by atomic mass is 35.5. The molecular weight excluding hydrogens is 452 g/mol. The number of Topliss-reactive ketones (excluding diaryl/α,β-unsaturated/α-hetero) is 1. The summed E-state index contributed by atoms with van der Waals surface area (Å²) in [6.07, 6.45) is 0. The van der Waals surface area contributed by atoms with Crippen LogP contribution in [0.4, 0.5) is 11.4 Å². The normalized spacial score (nSPS) is 12.5. The molecule has 0 atom stereocenters. The van der Waals surface area contributed by atoms with E-state index < -0.39 is 35.1 Å². The van der Waals surface area contributed by atoms with Crippen LogP contribution < -0.4 is 4.90 Å². The molecule has 0 N–H and O–H groups in total. The van der Waals surface area contributed by atoms with Crippen LogP contribution in [0.5, 0.6) is 0 Å². The molecule has 1 heterocycles. The fraction of sp³-hybridized carbons (Fsp3) is 0.0435. The molecule has 10 heteroatoms. The molecule has 0 radical (unpaired) electrons. The van der Waals surface area contributed by atoms with E-state index in [0.29, 0.717) is 0 Å². The first-order valence-electron chi connectivity index (χ1n) is 9.50. The third kappa shape index (κ3) is 4.09. The number of ketones is 1. The smallest absolute Gasteiger partial charge is 0.338 e. The lowest BCUT2D eigenvalue weighted by molar-refractivity contribution is -0.384. The summed E-state index contributed by atoms with van der Waals surface area (Å²) in [5, 5.41) is 11.0. The highest BCUT2D eigenvalue weighted by Crippen LogP contribution is 2.30. The van der Waals surface area contributed by atoms with Crippen molar-refractivity contribution in [2.24, 2.45) is 0 Å². The van der Waals surface area contributed by atoms with Crippen LogP contribution in [0.3, 0.4) is 0 Å². The van der Waals surface area contributed by atoms with Crippen LogP contribution in [0.15, 0.2) is 66.7 Å². The quantitative estimate of drug-likeness (QED) is 0.177. The highest BCUT2D eigenvalue weighted by molar-refractivity contribution is 6.35. The lowest BCUT2D eigenvalue weighted by atomic mass is 10.1. The number of fused-ring (bicyclic) bond motifs is 1. The molecular formula is C23H13ClN2O7. The van der Waals surface area contributed by atoms with Crippen LogP contribution in [0.25, 0.3) is 0 Å². The highest BCUT2D eigenvalue weighted by Gasteiger charge is 2.37. The molecule has 0 unspecified atom stereocenters. The Kier molecular flexibility index (Phi) is 5.72. The van der Waals surface area contributed by atoms with Gasteiger partial charge in [-0.15, -0.1) is 0 Å². The number of hydrogen-bond acceptors (Lipinski definition) is 7. The Balaban J connectivity index is 1.51. The number of hydrogen-bond donors (Lipinski definition) is 0. The van der Waals surface area contributed by atoms with Crippen LogP contribution in [0, 0.1) is 10.1 Å². The number of benzene rings is 3. The van der Waals surface area contributed by atoms with E-state index in [1.807, 2.05) is 0 Å². The Morgan fingerprint density at radius 3 is 2.27 bits per heavy atom. The number of imide groups is 1. The van der Waals surface area contributed by atoms with Crippen LogP contribution in [-0.2, 0) is 4.74 Å². The van der Waals surface area contributed by atoms with Crippen molar-refractivity contribution in [3.8, 4) is 0 Å². The average Bonchev–Trinajstić information content (AvgIpc) is 3.07. The van der Waals surface area contributed by atoms with Gasteiger partial charge in [-0.1, -0.05) is 23.7 Å². The molecule has 0 fully saturated rings. The van der Waals surface area contributed by atoms with Crippen LogP contribution >= 0.6 is 11.6 Å². The van der Waals surface area contributed by atoms with Crippen LogP contribution in [0.2, 0.25) is 5.02 Å². The molecule has 4 rings (SSSR count). The van der Waals surface area contributed by atoms with Crippen molar-refractivity contribution in [1.82, 2.24) is 0 Å². The first kappa shape index (κ1) is 21.8. The second-order valence-electron chi connectivity index (χ2n) is 6.96. The Bertz CT molecular complexity index is 1330. The van der Waals surface area contributed by atoms with Crippen molar-refractivity contribution < 1.29 is 28.8 Å². The van der Waals surface area contributed by atoms with Crippen LogP contribution in [0.1, 0.15) is 41.4 Å². The molecule has 1 aliphatic heterocycles. The summed E-state index contributed by atoms with van der Waals surface area (Å²) in [5.41, 5.74) is 0.202. The maximum atomic E-state index is 12.8. The van der Waals surface area contributed by atoms with Crippen molar-refractivity contribution in [3.63, 3.8) is 0 Å². The number of carbonyl (C=O) groups excluding carboxylic acids is 4. The third-order valence-corrected chi connectivity index (χ3v) is 5.28. The van der Waals surface area contributed by atoms with Crippen LogP contribution in [-0.4, -0.2) is 35.1 Å². The van der Waals surface area contributed by atoms with Gasteiger partial charge in [-0.25, -0.2) is 9.69 Å². The van der Waals surface area contributed by atoms with Crippen molar-refractivity contribution >= 4 is 46.5 Å². The number of ether oxygens (including phenoxy) is 1. The Morgan fingerprint density at radius 2 is 1.61 bits per heavy atom. The summed E-state index contributed by atoms with van der Waals surface area (Å²) in [6, 6.07) is 15.1. The lowest BCUT2D eigenvalue weighted by Gasteiger charge is -2.13. The zero-order chi connectivity index (χ0) is 23.7. The van der Waals surface area contributed by atoms with E-state index in [-0.39, 0.29) is 38.7 Å². The number of rotatable bonds is 6. The van der Waals surface area contributed by atoms with Gasteiger partial charge in [0.05, 0.1) is 32.3 Å². The SMILES string of the molecule is O=C(OCC(=O)c1ccccc1Cl)c1ccc2c(c1)C(=O)N(c1ccc([N+](=O)[O-])cc1)C2=O. The summed E-state index contributed by atoms with van der Waals surface area (Å²) < 4.78 is 5.05. The number of nitro benzene ring substituents is 1. The van der Waals surface area contributed by atoms with E-state index in [2.05, 4.69) is 0 Å². The molecule has 1 aliphatic rings. The largest absolute Gasteiger partial charge is 0.454 e. The van der Waals surface area contributed by atoms with Crippen molar-refractivity contribution in [3.05, 3.63) is 104 Å². The van der Waals surface area contributed by atoms with E-state index in [4.69, 9.17) is 16.3 Å². The van der Waals surface area contributed by atoms with Gasteiger partial charge in [0.1, 0.15) is 0 Å². The van der Waals surface area contributed by atoms with Gasteiger partial charge in [0.15, 0.2) is 6.61 Å².